The van der Waals surface area contributed by atoms with Gasteiger partial charge < -0.3 is 5.32 Å². The molecule has 0 amide bonds. The molecule has 17 heavy (non-hydrogen) atoms. The Hall–Kier alpha value is -1.68. The van der Waals surface area contributed by atoms with Gasteiger partial charge in [0, 0.05) is 13.6 Å². The third kappa shape index (κ3) is 2.91. The molecule has 0 aliphatic heterocycles. The highest BCUT2D eigenvalue weighted by Crippen LogP contribution is 2.12. The van der Waals surface area contributed by atoms with E-state index in [-0.39, 0.29) is 0 Å². The van der Waals surface area contributed by atoms with E-state index < -0.39 is 0 Å². The number of nitrogens with zero attached hydrogens (tertiary/aromatic N) is 3. The lowest BCUT2D eigenvalue weighted by Crippen LogP contribution is -2.15. The van der Waals surface area contributed by atoms with Crippen molar-refractivity contribution in [1.29, 1.82) is 0 Å². The van der Waals surface area contributed by atoms with Gasteiger partial charge in [-0.15, -0.1) is 0 Å². The highest BCUT2D eigenvalue weighted by molar-refractivity contribution is 5.33. The highest BCUT2D eigenvalue weighted by Gasteiger charge is 2.02. The van der Waals surface area contributed by atoms with Gasteiger partial charge in [-0.2, -0.15) is 5.10 Å². The minimum absolute atomic E-state index is 0.703. The fourth-order valence-electron chi connectivity index (χ4n) is 1.89. The molecule has 1 aromatic carbocycles. The molecular formula is C13H18N4. The van der Waals surface area contributed by atoms with Crippen molar-refractivity contribution in [3.8, 4) is 0 Å². The molecule has 1 N–H and O–H groups in total. The molecule has 2 rings (SSSR count). The predicted molar refractivity (Wildman–Crippen MR) is 67.5 cm³/mol. The molecule has 0 saturated carbocycles. The molecule has 0 radical (unpaired) electrons. The zero-order valence-electron chi connectivity index (χ0n) is 10.6. The Morgan fingerprint density at radius 3 is 2.47 bits per heavy atom. The van der Waals surface area contributed by atoms with E-state index in [1.54, 1.807) is 11.0 Å². The van der Waals surface area contributed by atoms with Crippen LogP contribution >= 0.6 is 0 Å². The maximum atomic E-state index is 4.23. The van der Waals surface area contributed by atoms with E-state index >= 15 is 0 Å². The molecule has 1 heterocycles. The molecule has 2 aromatic rings. The first-order chi connectivity index (χ1) is 8.16. The average molecular weight is 230 g/mol. The van der Waals surface area contributed by atoms with Gasteiger partial charge in [-0.1, -0.05) is 18.2 Å². The second-order valence-electron chi connectivity index (χ2n) is 4.31. The second kappa shape index (κ2) is 5.10. The molecular weight excluding hydrogens is 212 g/mol. The van der Waals surface area contributed by atoms with Crippen molar-refractivity contribution >= 4 is 0 Å². The van der Waals surface area contributed by atoms with E-state index in [0.717, 1.165) is 12.4 Å². The quantitative estimate of drug-likeness (QED) is 0.869. The number of aryl methyl sites for hydroxylation is 3. The second-order valence-corrected chi connectivity index (χ2v) is 4.31. The van der Waals surface area contributed by atoms with Gasteiger partial charge in [-0.25, -0.2) is 4.98 Å². The Balaban J connectivity index is 1.94. The van der Waals surface area contributed by atoms with E-state index in [1.807, 2.05) is 7.05 Å². The van der Waals surface area contributed by atoms with E-state index in [4.69, 9.17) is 0 Å². The summed E-state index contributed by atoms with van der Waals surface area (Å²) >= 11 is 0. The van der Waals surface area contributed by atoms with Crippen LogP contribution in [0.25, 0.3) is 0 Å². The van der Waals surface area contributed by atoms with Crippen LogP contribution in [0.1, 0.15) is 22.5 Å². The fraction of sp³-hybridized carbons (Fsp3) is 0.385. The van der Waals surface area contributed by atoms with Crippen LogP contribution in [0.3, 0.4) is 0 Å². The predicted octanol–water partition coefficient (Wildman–Crippen LogP) is 1.72. The lowest BCUT2D eigenvalue weighted by atomic mass is 10.0. The molecule has 90 valence electrons. The minimum atomic E-state index is 0.703. The van der Waals surface area contributed by atoms with E-state index in [0.29, 0.717) is 6.54 Å². The summed E-state index contributed by atoms with van der Waals surface area (Å²) in [5.74, 6) is 0.832. The van der Waals surface area contributed by atoms with Gasteiger partial charge in [0.15, 0.2) is 5.82 Å². The summed E-state index contributed by atoms with van der Waals surface area (Å²) in [6, 6.07) is 6.38. The Kier molecular flexibility index (Phi) is 3.54. The minimum Gasteiger partial charge on any atom is -0.306 e. The molecule has 0 unspecified atom stereocenters. The van der Waals surface area contributed by atoms with Gasteiger partial charge in [0.05, 0.1) is 6.54 Å². The lowest BCUT2D eigenvalue weighted by Gasteiger charge is -2.09. The van der Waals surface area contributed by atoms with E-state index in [2.05, 4.69) is 47.4 Å². The highest BCUT2D eigenvalue weighted by atomic mass is 15.3. The first kappa shape index (κ1) is 11.8. The summed E-state index contributed by atoms with van der Waals surface area (Å²) in [7, 11) is 1.88. The van der Waals surface area contributed by atoms with E-state index in [9.17, 15) is 0 Å². The van der Waals surface area contributed by atoms with Crippen LogP contribution in [0, 0.1) is 13.8 Å². The maximum Gasteiger partial charge on any atom is 0.164 e. The van der Waals surface area contributed by atoms with Crippen LogP contribution < -0.4 is 5.32 Å². The zero-order chi connectivity index (χ0) is 12.3. The smallest absolute Gasteiger partial charge is 0.164 e. The summed E-state index contributed by atoms with van der Waals surface area (Å²) in [4.78, 5) is 4.18. The van der Waals surface area contributed by atoms with Gasteiger partial charge in [0.2, 0.25) is 0 Å². The van der Waals surface area contributed by atoms with Crippen LogP contribution in [0.15, 0.2) is 24.5 Å². The van der Waals surface area contributed by atoms with E-state index in [1.165, 1.54) is 16.7 Å². The van der Waals surface area contributed by atoms with Crippen molar-refractivity contribution in [3.05, 3.63) is 47.0 Å². The van der Waals surface area contributed by atoms with Crippen LogP contribution in [0.5, 0.6) is 0 Å². The van der Waals surface area contributed by atoms with Crippen LogP contribution in [-0.2, 0) is 20.1 Å². The monoisotopic (exact) mass is 230 g/mol. The lowest BCUT2D eigenvalue weighted by molar-refractivity contribution is 0.646. The van der Waals surface area contributed by atoms with Crippen molar-refractivity contribution < 1.29 is 0 Å². The van der Waals surface area contributed by atoms with Gasteiger partial charge in [0.1, 0.15) is 6.33 Å². The van der Waals surface area contributed by atoms with Gasteiger partial charge >= 0.3 is 0 Å². The molecule has 0 fully saturated rings. The molecule has 0 spiro atoms. The summed E-state index contributed by atoms with van der Waals surface area (Å²) in [5.41, 5.74) is 4.02. The molecule has 1 aromatic heterocycles. The van der Waals surface area contributed by atoms with Crippen molar-refractivity contribution in [2.75, 3.05) is 0 Å². The fourth-order valence-corrected chi connectivity index (χ4v) is 1.89. The Morgan fingerprint density at radius 1 is 1.18 bits per heavy atom. The number of hydrogen-bond donors (Lipinski definition) is 1. The van der Waals surface area contributed by atoms with Crippen molar-refractivity contribution in [3.63, 3.8) is 0 Å². The number of hydrogen-bond acceptors (Lipinski definition) is 3. The van der Waals surface area contributed by atoms with Crippen LogP contribution in [-0.4, -0.2) is 14.8 Å². The number of nitrogens with one attached hydrogen (secondary N) is 1. The first-order valence-corrected chi connectivity index (χ1v) is 5.77. The molecule has 4 heteroatoms. The van der Waals surface area contributed by atoms with Gasteiger partial charge in [-0.05, 0) is 30.5 Å². The standard InChI is InChI=1S/C13H18N4/c1-10-5-4-6-11(2)12(10)7-14-8-13-15-9-17(3)16-13/h4-6,9,14H,7-8H2,1-3H3. The maximum absolute atomic E-state index is 4.23. The van der Waals surface area contributed by atoms with Gasteiger partial charge in [0.25, 0.3) is 0 Å². The molecule has 4 nitrogen and oxygen atoms in total. The average Bonchev–Trinajstić information content (AvgIpc) is 2.69. The SMILES string of the molecule is Cc1cccc(C)c1CNCc1ncn(C)n1. The Morgan fingerprint density at radius 2 is 1.88 bits per heavy atom. The van der Waals surface area contributed by atoms with Crippen molar-refractivity contribution in [1.82, 2.24) is 20.1 Å². The summed E-state index contributed by atoms with van der Waals surface area (Å²) in [6.07, 6.45) is 1.72. The summed E-state index contributed by atoms with van der Waals surface area (Å²) in [6.45, 7) is 5.84. The summed E-state index contributed by atoms with van der Waals surface area (Å²) in [5, 5.41) is 7.60. The normalized spacial score (nSPS) is 10.8. The summed E-state index contributed by atoms with van der Waals surface area (Å²) < 4.78 is 1.72. The molecule has 0 saturated heterocycles. The topological polar surface area (TPSA) is 42.7 Å². The molecule has 0 bridgehead atoms. The number of rotatable bonds is 4. The Labute approximate surface area is 102 Å². The third-order valence-electron chi connectivity index (χ3n) is 2.88. The molecule has 0 aliphatic carbocycles. The molecule has 0 aliphatic rings. The number of aromatic nitrogens is 3. The molecule has 0 atom stereocenters. The van der Waals surface area contributed by atoms with Crippen molar-refractivity contribution in [2.24, 2.45) is 7.05 Å². The van der Waals surface area contributed by atoms with Gasteiger partial charge in [-0.3, -0.25) is 4.68 Å². The third-order valence-corrected chi connectivity index (χ3v) is 2.88. The van der Waals surface area contributed by atoms with Crippen LogP contribution in [0.2, 0.25) is 0 Å². The largest absolute Gasteiger partial charge is 0.306 e. The van der Waals surface area contributed by atoms with Crippen molar-refractivity contribution in [2.45, 2.75) is 26.9 Å². The Bertz CT molecular complexity index is 482. The number of benzene rings is 1. The first-order valence-electron chi connectivity index (χ1n) is 5.77. The van der Waals surface area contributed by atoms with Crippen LogP contribution in [0.4, 0.5) is 0 Å². The zero-order valence-corrected chi connectivity index (χ0v) is 10.6.